The Balaban J connectivity index is 2.14. The zero-order chi connectivity index (χ0) is 13.8. The van der Waals surface area contributed by atoms with Crippen LogP contribution in [0.15, 0.2) is 35.7 Å². The van der Waals surface area contributed by atoms with Crippen molar-refractivity contribution in [1.29, 1.82) is 0 Å². The van der Waals surface area contributed by atoms with Crippen molar-refractivity contribution < 1.29 is 4.79 Å². The molecule has 0 saturated heterocycles. The summed E-state index contributed by atoms with van der Waals surface area (Å²) < 4.78 is 1.15. The normalized spacial score (nSPS) is 10.5. The van der Waals surface area contributed by atoms with E-state index in [2.05, 4.69) is 47.7 Å². The van der Waals surface area contributed by atoms with Crippen LogP contribution in [0.2, 0.25) is 0 Å². The molecule has 100 valence electrons. The molecule has 1 aromatic heterocycles. The quantitative estimate of drug-likeness (QED) is 0.718. The summed E-state index contributed by atoms with van der Waals surface area (Å²) in [5, 5.41) is 1.93. The topological polar surface area (TPSA) is 20.3 Å². The van der Waals surface area contributed by atoms with Gasteiger partial charge in [-0.05, 0) is 48.1 Å². The first-order chi connectivity index (χ1) is 9.10. The van der Waals surface area contributed by atoms with E-state index in [1.54, 1.807) is 11.3 Å². The van der Waals surface area contributed by atoms with Gasteiger partial charge in [0.25, 0.3) is 5.91 Å². The number of aryl methyl sites for hydroxylation is 1. The average molecular weight is 385 g/mol. The minimum Gasteiger partial charge on any atom is -0.335 e. The van der Waals surface area contributed by atoms with Crippen molar-refractivity contribution in [2.75, 3.05) is 6.54 Å². The predicted octanol–water partition coefficient (Wildman–Crippen LogP) is 4.32. The fourth-order valence-corrected chi connectivity index (χ4v) is 3.28. The first-order valence-electron chi connectivity index (χ1n) is 6.19. The number of hydrogen-bond acceptors (Lipinski definition) is 2. The summed E-state index contributed by atoms with van der Waals surface area (Å²) in [7, 11) is 0. The number of benzene rings is 1. The van der Waals surface area contributed by atoms with Crippen LogP contribution >= 0.6 is 33.9 Å². The molecular weight excluding hydrogens is 369 g/mol. The van der Waals surface area contributed by atoms with E-state index in [0.29, 0.717) is 6.54 Å². The standard InChI is InChI=1S/C15H16INOS/c1-3-17(9-12-6-4-5-11(2)7-12)15(18)13-8-14(16)19-10-13/h4-8,10H,3,9H2,1-2H3. The van der Waals surface area contributed by atoms with Crippen molar-refractivity contribution in [1.82, 2.24) is 4.90 Å². The van der Waals surface area contributed by atoms with Crippen LogP contribution in [0.25, 0.3) is 0 Å². The van der Waals surface area contributed by atoms with Crippen molar-refractivity contribution in [3.8, 4) is 0 Å². The predicted molar refractivity (Wildman–Crippen MR) is 88.6 cm³/mol. The second-order valence-corrected chi connectivity index (χ2v) is 7.25. The van der Waals surface area contributed by atoms with Crippen molar-refractivity contribution in [3.63, 3.8) is 0 Å². The van der Waals surface area contributed by atoms with Gasteiger partial charge >= 0.3 is 0 Å². The highest BCUT2D eigenvalue weighted by atomic mass is 127. The molecule has 0 atom stereocenters. The molecule has 1 aromatic carbocycles. The summed E-state index contributed by atoms with van der Waals surface area (Å²) in [6, 6.07) is 10.3. The maximum Gasteiger partial charge on any atom is 0.255 e. The maximum atomic E-state index is 12.4. The number of carbonyl (C=O) groups is 1. The molecule has 0 N–H and O–H groups in total. The van der Waals surface area contributed by atoms with Gasteiger partial charge in [-0.25, -0.2) is 0 Å². The van der Waals surface area contributed by atoms with Gasteiger partial charge in [0.05, 0.1) is 8.45 Å². The van der Waals surface area contributed by atoms with E-state index >= 15 is 0 Å². The Hall–Kier alpha value is -0.880. The Bertz CT molecular complexity index is 579. The minimum atomic E-state index is 0.114. The summed E-state index contributed by atoms with van der Waals surface area (Å²) in [5.74, 6) is 0.114. The number of hydrogen-bond donors (Lipinski definition) is 0. The largest absolute Gasteiger partial charge is 0.335 e. The van der Waals surface area contributed by atoms with Gasteiger partial charge in [0.1, 0.15) is 0 Å². The molecule has 0 aliphatic heterocycles. The summed E-state index contributed by atoms with van der Waals surface area (Å²) in [6.45, 7) is 5.48. The lowest BCUT2D eigenvalue weighted by Gasteiger charge is -2.20. The SMILES string of the molecule is CCN(Cc1cccc(C)c1)C(=O)c1csc(I)c1. The van der Waals surface area contributed by atoms with Gasteiger partial charge in [-0.1, -0.05) is 29.8 Å². The second-order valence-electron chi connectivity index (χ2n) is 4.45. The molecule has 0 bridgehead atoms. The zero-order valence-electron chi connectivity index (χ0n) is 11.0. The summed E-state index contributed by atoms with van der Waals surface area (Å²) in [4.78, 5) is 14.3. The third kappa shape index (κ3) is 3.79. The minimum absolute atomic E-state index is 0.114. The van der Waals surface area contributed by atoms with E-state index in [9.17, 15) is 4.79 Å². The molecule has 0 unspecified atom stereocenters. The van der Waals surface area contributed by atoms with Crippen LogP contribution in [0, 0.1) is 9.81 Å². The lowest BCUT2D eigenvalue weighted by atomic mass is 10.1. The number of nitrogens with zero attached hydrogens (tertiary/aromatic N) is 1. The highest BCUT2D eigenvalue weighted by Crippen LogP contribution is 2.19. The van der Waals surface area contributed by atoms with Crippen LogP contribution in [0.3, 0.4) is 0 Å². The Labute approximate surface area is 131 Å². The van der Waals surface area contributed by atoms with Crippen molar-refractivity contribution >= 4 is 39.8 Å². The van der Waals surface area contributed by atoms with Crippen molar-refractivity contribution in [2.24, 2.45) is 0 Å². The lowest BCUT2D eigenvalue weighted by Crippen LogP contribution is -2.30. The van der Waals surface area contributed by atoms with E-state index in [4.69, 9.17) is 0 Å². The van der Waals surface area contributed by atoms with Crippen LogP contribution in [0.5, 0.6) is 0 Å². The van der Waals surface area contributed by atoms with Crippen LogP contribution in [0.1, 0.15) is 28.4 Å². The average Bonchev–Trinajstić information content (AvgIpc) is 2.82. The molecule has 1 amide bonds. The molecule has 0 aliphatic rings. The number of amides is 1. The number of halogens is 1. The van der Waals surface area contributed by atoms with Gasteiger partial charge in [0.15, 0.2) is 0 Å². The van der Waals surface area contributed by atoms with Gasteiger partial charge in [-0.3, -0.25) is 4.79 Å². The smallest absolute Gasteiger partial charge is 0.255 e. The fourth-order valence-electron chi connectivity index (χ4n) is 1.96. The molecule has 1 heterocycles. The van der Waals surface area contributed by atoms with Crippen molar-refractivity contribution in [3.05, 3.63) is 55.3 Å². The van der Waals surface area contributed by atoms with Gasteiger partial charge in [0.2, 0.25) is 0 Å². The van der Waals surface area contributed by atoms with Gasteiger partial charge in [-0.15, -0.1) is 11.3 Å². The van der Waals surface area contributed by atoms with Gasteiger partial charge < -0.3 is 4.90 Å². The van der Waals surface area contributed by atoms with E-state index < -0.39 is 0 Å². The van der Waals surface area contributed by atoms with E-state index in [1.165, 1.54) is 11.1 Å². The highest BCUT2D eigenvalue weighted by Gasteiger charge is 2.15. The Morgan fingerprint density at radius 3 is 2.74 bits per heavy atom. The van der Waals surface area contributed by atoms with E-state index in [0.717, 1.165) is 15.0 Å². The summed E-state index contributed by atoms with van der Waals surface area (Å²) in [5.41, 5.74) is 3.20. The maximum absolute atomic E-state index is 12.4. The molecular formula is C15H16INOS. The molecule has 0 saturated carbocycles. The van der Waals surface area contributed by atoms with E-state index in [1.807, 2.05) is 29.3 Å². The second kappa shape index (κ2) is 6.52. The number of thiophene rings is 1. The molecule has 2 rings (SSSR count). The Morgan fingerprint density at radius 2 is 2.16 bits per heavy atom. The van der Waals surface area contributed by atoms with E-state index in [-0.39, 0.29) is 5.91 Å². The molecule has 19 heavy (non-hydrogen) atoms. The summed E-state index contributed by atoms with van der Waals surface area (Å²) in [6.07, 6.45) is 0. The first kappa shape index (κ1) is 14.5. The highest BCUT2D eigenvalue weighted by molar-refractivity contribution is 14.1. The monoisotopic (exact) mass is 385 g/mol. The molecule has 0 radical (unpaired) electrons. The van der Waals surface area contributed by atoms with Crippen LogP contribution in [-0.2, 0) is 6.54 Å². The molecule has 0 fully saturated rings. The fraction of sp³-hybridized carbons (Fsp3) is 0.267. The first-order valence-corrected chi connectivity index (χ1v) is 8.15. The Kier molecular flexibility index (Phi) is 4.99. The molecule has 2 aromatic rings. The number of rotatable bonds is 4. The number of carbonyl (C=O) groups excluding carboxylic acids is 1. The third-order valence-corrected chi connectivity index (χ3v) is 4.73. The molecule has 2 nitrogen and oxygen atoms in total. The van der Waals surface area contributed by atoms with Crippen LogP contribution in [-0.4, -0.2) is 17.4 Å². The molecule has 4 heteroatoms. The zero-order valence-corrected chi connectivity index (χ0v) is 14.0. The molecule has 0 aliphatic carbocycles. The van der Waals surface area contributed by atoms with Gasteiger partial charge in [-0.2, -0.15) is 0 Å². The third-order valence-electron chi connectivity index (χ3n) is 2.94. The van der Waals surface area contributed by atoms with Gasteiger partial charge in [0, 0.05) is 18.5 Å². The van der Waals surface area contributed by atoms with Crippen LogP contribution < -0.4 is 0 Å². The summed E-state index contributed by atoms with van der Waals surface area (Å²) >= 11 is 3.85. The van der Waals surface area contributed by atoms with Crippen LogP contribution in [0.4, 0.5) is 0 Å². The van der Waals surface area contributed by atoms with Crippen molar-refractivity contribution in [2.45, 2.75) is 20.4 Å². The Morgan fingerprint density at radius 1 is 1.37 bits per heavy atom. The lowest BCUT2D eigenvalue weighted by molar-refractivity contribution is 0.0753. The molecule has 0 spiro atoms.